The number of aryl methyl sites for hydroxylation is 1. The first-order chi connectivity index (χ1) is 7.74. The molecule has 16 heavy (non-hydrogen) atoms. The Balaban J connectivity index is 2.46. The van der Waals surface area contributed by atoms with Crippen molar-refractivity contribution in [2.75, 3.05) is 0 Å². The standard InChI is InChI=1S/C12H13BrN2O/c1-2-9-7-10(13)3-4-12(9)15-6-5-11(8-16)14-15/h3-7,16H,2,8H2,1H3. The van der Waals surface area contributed by atoms with Gasteiger partial charge < -0.3 is 5.11 Å². The van der Waals surface area contributed by atoms with Gasteiger partial charge in [0.2, 0.25) is 0 Å². The SMILES string of the molecule is CCc1cc(Br)ccc1-n1ccc(CO)n1. The van der Waals surface area contributed by atoms with Crippen LogP contribution >= 0.6 is 15.9 Å². The maximum Gasteiger partial charge on any atom is 0.0883 e. The molecule has 0 bridgehead atoms. The van der Waals surface area contributed by atoms with Gasteiger partial charge in [-0.2, -0.15) is 5.10 Å². The normalized spacial score (nSPS) is 10.7. The average Bonchev–Trinajstić information content (AvgIpc) is 2.77. The van der Waals surface area contributed by atoms with Crippen LogP contribution in [0.1, 0.15) is 18.2 Å². The monoisotopic (exact) mass is 280 g/mol. The number of halogens is 1. The summed E-state index contributed by atoms with van der Waals surface area (Å²) >= 11 is 3.46. The van der Waals surface area contributed by atoms with Crippen molar-refractivity contribution in [3.63, 3.8) is 0 Å². The molecule has 0 saturated carbocycles. The summed E-state index contributed by atoms with van der Waals surface area (Å²) in [6, 6.07) is 7.93. The molecule has 0 aliphatic carbocycles. The minimum absolute atomic E-state index is 0.0228. The molecule has 1 aromatic carbocycles. The Kier molecular flexibility index (Phi) is 3.41. The predicted octanol–water partition coefficient (Wildman–Crippen LogP) is 2.69. The number of hydrogen-bond acceptors (Lipinski definition) is 2. The van der Waals surface area contributed by atoms with E-state index >= 15 is 0 Å². The van der Waals surface area contributed by atoms with Gasteiger partial charge in [0.05, 0.1) is 18.0 Å². The highest BCUT2D eigenvalue weighted by Crippen LogP contribution is 2.20. The fourth-order valence-corrected chi connectivity index (χ4v) is 2.05. The van der Waals surface area contributed by atoms with Gasteiger partial charge in [-0.25, -0.2) is 4.68 Å². The van der Waals surface area contributed by atoms with E-state index in [1.807, 2.05) is 24.4 Å². The summed E-state index contributed by atoms with van der Waals surface area (Å²) in [6.07, 6.45) is 2.82. The minimum Gasteiger partial charge on any atom is -0.390 e. The van der Waals surface area contributed by atoms with Crippen LogP contribution in [0.25, 0.3) is 5.69 Å². The summed E-state index contributed by atoms with van der Waals surface area (Å²) < 4.78 is 2.87. The Labute approximate surface area is 103 Å². The molecule has 0 aliphatic rings. The zero-order valence-electron chi connectivity index (χ0n) is 9.02. The van der Waals surface area contributed by atoms with Crippen LogP contribution < -0.4 is 0 Å². The maximum atomic E-state index is 8.99. The summed E-state index contributed by atoms with van der Waals surface area (Å²) in [7, 11) is 0. The molecule has 0 atom stereocenters. The predicted molar refractivity (Wildman–Crippen MR) is 66.6 cm³/mol. The number of benzene rings is 1. The Morgan fingerprint density at radius 1 is 1.38 bits per heavy atom. The van der Waals surface area contributed by atoms with Gasteiger partial charge in [-0.05, 0) is 36.2 Å². The molecular formula is C12H13BrN2O. The van der Waals surface area contributed by atoms with E-state index in [2.05, 4.69) is 34.0 Å². The van der Waals surface area contributed by atoms with E-state index in [9.17, 15) is 0 Å². The molecule has 0 radical (unpaired) electrons. The van der Waals surface area contributed by atoms with Crippen LogP contribution in [0.15, 0.2) is 34.9 Å². The third-order valence-electron chi connectivity index (χ3n) is 2.48. The molecule has 0 fully saturated rings. The molecule has 0 aliphatic heterocycles. The van der Waals surface area contributed by atoms with Crippen molar-refractivity contribution >= 4 is 15.9 Å². The zero-order valence-corrected chi connectivity index (χ0v) is 10.6. The zero-order chi connectivity index (χ0) is 11.5. The molecule has 0 amide bonds. The van der Waals surface area contributed by atoms with Crippen LogP contribution in [0.3, 0.4) is 0 Å². The fraction of sp³-hybridized carbons (Fsp3) is 0.250. The lowest BCUT2D eigenvalue weighted by atomic mass is 10.1. The largest absolute Gasteiger partial charge is 0.390 e. The third-order valence-corrected chi connectivity index (χ3v) is 2.97. The minimum atomic E-state index is -0.0228. The molecule has 0 spiro atoms. The van der Waals surface area contributed by atoms with Crippen LogP contribution in [-0.4, -0.2) is 14.9 Å². The van der Waals surface area contributed by atoms with E-state index in [1.54, 1.807) is 4.68 Å². The molecule has 2 aromatic rings. The van der Waals surface area contributed by atoms with E-state index in [-0.39, 0.29) is 6.61 Å². The molecule has 1 aromatic heterocycles. The van der Waals surface area contributed by atoms with Crippen LogP contribution in [0.4, 0.5) is 0 Å². The van der Waals surface area contributed by atoms with Crippen molar-refractivity contribution in [1.29, 1.82) is 0 Å². The first-order valence-corrected chi connectivity index (χ1v) is 5.98. The van der Waals surface area contributed by atoms with Gasteiger partial charge in [-0.3, -0.25) is 0 Å². The van der Waals surface area contributed by atoms with Crippen molar-refractivity contribution < 1.29 is 5.11 Å². The van der Waals surface area contributed by atoms with Crippen LogP contribution in [-0.2, 0) is 13.0 Å². The number of nitrogens with zero attached hydrogens (tertiary/aromatic N) is 2. The van der Waals surface area contributed by atoms with Gasteiger partial charge >= 0.3 is 0 Å². The molecular weight excluding hydrogens is 268 g/mol. The van der Waals surface area contributed by atoms with Crippen LogP contribution in [0.5, 0.6) is 0 Å². The van der Waals surface area contributed by atoms with E-state index in [0.29, 0.717) is 5.69 Å². The second-order valence-electron chi connectivity index (χ2n) is 3.54. The number of rotatable bonds is 3. The first kappa shape index (κ1) is 11.4. The summed E-state index contributed by atoms with van der Waals surface area (Å²) in [5.74, 6) is 0. The van der Waals surface area contributed by atoms with Gasteiger partial charge in [-0.15, -0.1) is 0 Å². The van der Waals surface area contributed by atoms with E-state index < -0.39 is 0 Å². The third kappa shape index (κ3) is 2.18. The van der Waals surface area contributed by atoms with Gasteiger partial charge in [0, 0.05) is 10.7 Å². The van der Waals surface area contributed by atoms with E-state index in [0.717, 1.165) is 16.6 Å². The Morgan fingerprint density at radius 3 is 2.81 bits per heavy atom. The highest BCUT2D eigenvalue weighted by Gasteiger charge is 2.05. The molecule has 1 heterocycles. The molecule has 1 N–H and O–H groups in total. The smallest absolute Gasteiger partial charge is 0.0883 e. The number of aliphatic hydroxyl groups is 1. The lowest BCUT2D eigenvalue weighted by Crippen LogP contribution is -2.00. The van der Waals surface area contributed by atoms with Crippen molar-refractivity contribution in [2.45, 2.75) is 20.0 Å². The fourth-order valence-electron chi connectivity index (χ4n) is 1.64. The summed E-state index contributed by atoms with van der Waals surface area (Å²) in [5.41, 5.74) is 2.97. The van der Waals surface area contributed by atoms with E-state index in [4.69, 9.17) is 5.11 Å². The van der Waals surface area contributed by atoms with Crippen molar-refractivity contribution in [3.8, 4) is 5.69 Å². The average molecular weight is 281 g/mol. The summed E-state index contributed by atoms with van der Waals surface area (Å²) in [6.45, 7) is 2.09. The van der Waals surface area contributed by atoms with Gasteiger partial charge in [0.25, 0.3) is 0 Å². The first-order valence-electron chi connectivity index (χ1n) is 5.18. The second kappa shape index (κ2) is 4.80. The highest BCUT2D eigenvalue weighted by molar-refractivity contribution is 9.10. The van der Waals surface area contributed by atoms with E-state index in [1.165, 1.54) is 5.56 Å². The number of aromatic nitrogens is 2. The Morgan fingerprint density at radius 2 is 2.19 bits per heavy atom. The molecule has 2 rings (SSSR count). The number of aliphatic hydroxyl groups excluding tert-OH is 1. The Bertz CT molecular complexity index is 494. The molecule has 3 nitrogen and oxygen atoms in total. The molecule has 4 heteroatoms. The summed E-state index contributed by atoms with van der Waals surface area (Å²) in [4.78, 5) is 0. The van der Waals surface area contributed by atoms with Crippen molar-refractivity contribution in [2.24, 2.45) is 0 Å². The van der Waals surface area contributed by atoms with Crippen LogP contribution in [0.2, 0.25) is 0 Å². The quantitative estimate of drug-likeness (QED) is 0.939. The lowest BCUT2D eigenvalue weighted by Gasteiger charge is -2.08. The van der Waals surface area contributed by atoms with Crippen LogP contribution in [0, 0.1) is 0 Å². The van der Waals surface area contributed by atoms with Gasteiger partial charge in [-0.1, -0.05) is 22.9 Å². The topological polar surface area (TPSA) is 38.0 Å². The second-order valence-corrected chi connectivity index (χ2v) is 4.45. The van der Waals surface area contributed by atoms with Gasteiger partial charge in [0.1, 0.15) is 0 Å². The maximum absolute atomic E-state index is 8.99. The molecule has 0 unspecified atom stereocenters. The highest BCUT2D eigenvalue weighted by atomic mass is 79.9. The number of hydrogen-bond donors (Lipinski definition) is 1. The van der Waals surface area contributed by atoms with Crippen molar-refractivity contribution in [3.05, 3.63) is 46.2 Å². The van der Waals surface area contributed by atoms with Gasteiger partial charge in [0.15, 0.2) is 0 Å². The van der Waals surface area contributed by atoms with Crippen molar-refractivity contribution in [1.82, 2.24) is 9.78 Å². The lowest BCUT2D eigenvalue weighted by molar-refractivity contribution is 0.276. The summed E-state index contributed by atoms with van der Waals surface area (Å²) in [5, 5.41) is 13.3. The molecule has 84 valence electrons. The Hall–Kier alpha value is -1.13. The molecule has 0 saturated heterocycles.